The highest BCUT2D eigenvalue weighted by molar-refractivity contribution is 5.47. The van der Waals surface area contributed by atoms with Crippen LogP contribution in [0, 0.1) is 5.41 Å². The minimum absolute atomic E-state index is 0.376. The highest BCUT2D eigenvalue weighted by Crippen LogP contribution is 2.44. The van der Waals surface area contributed by atoms with Crippen LogP contribution in [-0.4, -0.2) is 23.6 Å². The fourth-order valence-corrected chi connectivity index (χ4v) is 1.55. The molecule has 1 saturated carbocycles. The lowest BCUT2D eigenvalue weighted by Crippen LogP contribution is -2.16. The molecule has 0 amide bonds. The first-order valence-electron chi connectivity index (χ1n) is 5.73. The quantitative estimate of drug-likeness (QED) is 0.508. The Labute approximate surface area is 101 Å². The smallest absolute Gasteiger partial charge is 0.158 e. The number of methoxy groups -OCH3 is 1. The van der Waals surface area contributed by atoms with E-state index in [-0.39, 0.29) is 0 Å². The van der Waals surface area contributed by atoms with Crippen LogP contribution in [0.25, 0.3) is 0 Å². The van der Waals surface area contributed by atoms with E-state index in [1.165, 1.54) is 12.8 Å². The summed E-state index contributed by atoms with van der Waals surface area (Å²) >= 11 is 0. The topological polar surface area (TPSA) is 85.1 Å². The van der Waals surface area contributed by atoms with E-state index in [2.05, 4.69) is 27.6 Å². The summed E-state index contributed by atoms with van der Waals surface area (Å²) in [4.78, 5) is 8.55. The van der Waals surface area contributed by atoms with E-state index < -0.39 is 0 Å². The zero-order valence-corrected chi connectivity index (χ0v) is 10.3. The van der Waals surface area contributed by atoms with Crippen molar-refractivity contribution in [1.29, 1.82) is 0 Å². The lowest BCUT2D eigenvalue weighted by molar-refractivity contribution is 0.178. The summed E-state index contributed by atoms with van der Waals surface area (Å²) in [5.74, 6) is 7.36. The molecule has 17 heavy (non-hydrogen) atoms. The van der Waals surface area contributed by atoms with Gasteiger partial charge in [0, 0.05) is 19.7 Å². The standard InChI is InChI=1S/C11H19N5O/c1-11(3-4-11)7-13-8-5-9(16-12)15-10(14-8)6-17-2/h5H,3-4,6-7,12H2,1-2H3,(H2,13,14,15,16). The summed E-state index contributed by atoms with van der Waals surface area (Å²) in [6.45, 7) is 3.57. The number of rotatable bonds is 6. The molecule has 0 radical (unpaired) electrons. The van der Waals surface area contributed by atoms with Crippen LogP contribution in [-0.2, 0) is 11.3 Å². The molecule has 0 atom stereocenters. The Hall–Kier alpha value is -1.40. The van der Waals surface area contributed by atoms with Gasteiger partial charge >= 0.3 is 0 Å². The molecule has 0 spiro atoms. The maximum absolute atomic E-state index is 5.37. The van der Waals surface area contributed by atoms with E-state index in [1.807, 2.05) is 0 Å². The maximum atomic E-state index is 5.37. The zero-order valence-electron chi connectivity index (χ0n) is 10.3. The number of nitrogens with two attached hydrogens (primary N) is 1. The first-order chi connectivity index (χ1) is 8.15. The minimum Gasteiger partial charge on any atom is -0.377 e. The van der Waals surface area contributed by atoms with Crippen LogP contribution in [0.2, 0.25) is 0 Å². The summed E-state index contributed by atoms with van der Waals surface area (Å²) in [5, 5.41) is 3.32. The molecule has 1 heterocycles. The fraction of sp³-hybridized carbons (Fsp3) is 0.636. The van der Waals surface area contributed by atoms with Crippen molar-refractivity contribution in [2.45, 2.75) is 26.4 Å². The highest BCUT2D eigenvalue weighted by Gasteiger charge is 2.36. The van der Waals surface area contributed by atoms with Crippen molar-refractivity contribution in [2.24, 2.45) is 11.3 Å². The molecule has 1 aromatic heterocycles. The highest BCUT2D eigenvalue weighted by atomic mass is 16.5. The molecule has 1 aromatic rings. The van der Waals surface area contributed by atoms with Gasteiger partial charge in [-0.3, -0.25) is 0 Å². The number of anilines is 2. The van der Waals surface area contributed by atoms with Gasteiger partial charge in [0.05, 0.1) is 0 Å². The molecule has 94 valence electrons. The van der Waals surface area contributed by atoms with Crippen LogP contribution in [0.4, 0.5) is 11.6 Å². The number of nitrogens with zero attached hydrogens (tertiary/aromatic N) is 2. The van der Waals surface area contributed by atoms with Crippen LogP contribution in [0.5, 0.6) is 0 Å². The number of nitrogens with one attached hydrogen (secondary N) is 2. The van der Waals surface area contributed by atoms with Gasteiger partial charge in [0.25, 0.3) is 0 Å². The minimum atomic E-state index is 0.376. The third kappa shape index (κ3) is 3.28. The van der Waals surface area contributed by atoms with Gasteiger partial charge in [0.2, 0.25) is 0 Å². The summed E-state index contributed by atoms with van der Waals surface area (Å²) in [6.07, 6.45) is 2.55. The molecule has 6 heteroatoms. The van der Waals surface area contributed by atoms with Crippen molar-refractivity contribution in [1.82, 2.24) is 9.97 Å². The van der Waals surface area contributed by atoms with Gasteiger partial charge in [-0.25, -0.2) is 15.8 Å². The molecule has 1 aliphatic carbocycles. The van der Waals surface area contributed by atoms with Crippen molar-refractivity contribution in [3.8, 4) is 0 Å². The lowest BCUT2D eigenvalue weighted by atomic mass is 10.1. The van der Waals surface area contributed by atoms with E-state index in [9.17, 15) is 0 Å². The molecule has 2 rings (SSSR count). The van der Waals surface area contributed by atoms with E-state index in [0.29, 0.717) is 23.7 Å². The van der Waals surface area contributed by atoms with Crippen molar-refractivity contribution < 1.29 is 4.74 Å². The Kier molecular flexibility index (Phi) is 3.44. The summed E-state index contributed by atoms with van der Waals surface area (Å²) in [5.41, 5.74) is 2.97. The number of hydrazine groups is 1. The third-order valence-corrected chi connectivity index (χ3v) is 2.99. The molecule has 0 unspecified atom stereocenters. The molecular weight excluding hydrogens is 218 g/mol. The molecule has 0 aromatic carbocycles. The van der Waals surface area contributed by atoms with E-state index in [4.69, 9.17) is 10.6 Å². The Morgan fingerprint density at radius 3 is 2.71 bits per heavy atom. The summed E-state index contributed by atoms with van der Waals surface area (Å²) < 4.78 is 5.02. The second-order valence-corrected chi connectivity index (χ2v) is 4.80. The zero-order chi connectivity index (χ0) is 12.3. The number of nitrogen functional groups attached to an aromatic ring is 1. The summed E-state index contributed by atoms with van der Waals surface area (Å²) in [7, 11) is 1.62. The van der Waals surface area contributed by atoms with Crippen molar-refractivity contribution >= 4 is 11.6 Å². The van der Waals surface area contributed by atoms with E-state index in [1.54, 1.807) is 13.2 Å². The van der Waals surface area contributed by atoms with Crippen molar-refractivity contribution in [3.63, 3.8) is 0 Å². The van der Waals surface area contributed by atoms with Crippen LogP contribution in [0.3, 0.4) is 0 Å². The Morgan fingerprint density at radius 1 is 1.41 bits per heavy atom. The first-order valence-corrected chi connectivity index (χ1v) is 5.73. The molecule has 0 saturated heterocycles. The molecule has 1 aliphatic rings. The largest absolute Gasteiger partial charge is 0.377 e. The van der Waals surface area contributed by atoms with Gasteiger partial charge in [0.1, 0.15) is 18.2 Å². The Balaban J connectivity index is 2.05. The second-order valence-electron chi connectivity index (χ2n) is 4.80. The molecule has 6 nitrogen and oxygen atoms in total. The van der Waals surface area contributed by atoms with Gasteiger partial charge < -0.3 is 15.5 Å². The van der Waals surface area contributed by atoms with Gasteiger partial charge in [-0.05, 0) is 18.3 Å². The Morgan fingerprint density at radius 2 is 2.12 bits per heavy atom. The molecule has 4 N–H and O–H groups in total. The molecule has 0 aliphatic heterocycles. The van der Waals surface area contributed by atoms with Gasteiger partial charge in [-0.15, -0.1) is 0 Å². The van der Waals surface area contributed by atoms with Gasteiger partial charge in [-0.1, -0.05) is 6.92 Å². The third-order valence-electron chi connectivity index (χ3n) is 2.99. The number of hydrogen-bond donors (Lipinski definition) is 3. The second kappa shape index (κ2) is 4.85. The van der Waals surface area contributed by atoms with Crippen LogP contribution in [0.1, 0.15) is 25.6 Å². The molecular formula is C11H19N5O. The van der Waals surface area contributed by atoms with Gasteiger partial charge in [0.15, 0.2) is 5.82 Å². The summed E-state index contributed by atoms with van der Waals surface area (Å²) in [6, 6.07) is 1.80. The van der Waals surface area contributed by atoms with Gasteiger partial charge in [-0.2, -0.15) is 0 Å². The maximum Gasteiger partial charge on any atom is 0.158 e. The van der Waals surface area contributed by atoms with Crippen LogP contribution >= 0.6 is 0 Å². The van der Waals surface area contributed by atoms with Crippen molar-refractivity contribution in [2.75, 3.05) is 24.4 Å². The van der Waals surface area contributed by atoms with E-state index in [0.717, 1.165) is 12.4 Å². The number of ether oxygens (including phenoxy) is 1. The number of hydrogen-bond acceptors (Lipinski definition) is 6. The van der Waals surface area contributed by atoms with Crippen molar-refractivity contribution in [3.05, 3.63) is 11.9 Å². The van der Waals surface area contributed by atoms with Crippen LogP contribution in [0.15, 0.2) is 6.07 Å². The predicted molar refractivity (Wildman–Crippen MR) is 66.4 cm³/mol. The molecule has 0 bridgehead atoms. The Bertz CT molecular complexity index is 391. The average molecular weight is 237 g/mol. The normalized spacial score (nSPS) is 16.6. The van der Waals surface area contributed by atoms with E-state index >= 15 is 0 Å². The lowest BCUT2D eigenvalue weighted by Gasteiger charge is -2.12. The average Bonchev–Trinajstić information content (AvgIpc) is 3.06. The molecule has 1 fully saturated rings. The predicted octanol–water partition coefficient (Wildman–Crippen LogP) is 1.12. The fourth-order valence-electron chi connectivity index (χ4n) is 1.55. The SMILES string of the molecule is COCc1nc(NN)cc(NCC2(C)CC2)n1. The van der Waals surface area contributed by atoms with Crippen LogP contribution < -0.4 is 16.6 Å². The first kappa shape index (κ1) is 12.1. The monoisotopic (exact) mass is 237 g/mol. The number of aromatic nitrogens is 2.